The van der Waals surface area contributed by atoms with Gasteiger partial charge in [0.1, 0.15) is 5.54 Å². The number of rotatable bonds is 2. The molecule has 98 valence electrons. The molecule has 2 unspecified atom stereocenters. The average molecular weight is 266 g/mol. The molecule has 0 radical (unpaired) electrons. The maximum absolute atomic E-state index is 12.3. The molecule has 0 aromatic carbocycles. The Hall–Kier alpha value is -0.910. The normalized spacial score (nSPS) is 31.1. The lowest BCUT2D eigenvalue weighted by Gasteiger charge is -2.28. The highest BCUT2D eigenvalue weighted by Crippen LogP contribution is 2.33. The van der Waals surface area contributed by atoms with Gasteiger partial charge in [-0.05, 0) is 42.7 Å². The maximum atomic E-state index is 12.3. The fraction of sp³-hybridized carbons (Fsp3) is 0.615. The van der Waals surface area contributed by atoms with Gasteiger partial charge in [-0.3, -0.25) is 4.79 Å². The molecule has 1 aromatic rings. The van der Waals surface area contributed by atoms with Crippen molar-refractivity contribution in [2.24, 2.45) is 5.73 Å². The number of fused-ring (bicyclic) bond motifs is 1. The van der Waals surface area contributed by atoms with E-state index in [1.165, 1.54) is 10.4 Å². The SMILES string of the molecule is NC1(C(=O)NC2CCCc3sccc32)CCOC1. The molecule has 0 saturated carbocycles. The molecule has 4 nitrogen and oxygen atoms in total. The number of ether oxygens (including phenoxy) is 1. The largest absolute Gasteiger partial charge is 0.379 e. The third kappa shape index (κ3) is 2.06. The monoisotopic (exact) mass is 266 g/mol. The Balaban J connectivity index is 1.73. The molecule has 1 amide bonds. The zero-order valence-corrected chi connectivity index (χ0v) is 11.1. The van der Waals surface area contributed by atoms with Gasteiger partial charge < -0.3 is 15.8 Å². The lowest BCUT2D eigenvalue weighted by atomic mass is 9.92. The summed E-state index contributed by atoms with van der Waals surface area (Å²) in [5.74, 6) is -0.0657. The van der Waals surface area contributed by atoms with Gasteiger partial charge in [0.25, 0.3) is 0 Å². The third-order valence-electron chi connectivity index (χ3n) is 3.86. The summed E-state index contributed by atoms with van der Waals surface area (Å²) in [5, 5.41) is 5.21. The number of amides is 1. The summed E-state index contributed by atoms with van der Waals surface area (Å²) >= 11 is 1.78. The van der Waals surface area contributed by atoms with E-state index in [0.717, 1.165) is 19.3 Å². The van der Waals surface area contributed by atoms with E-state index >= 15 is 0 Å². The van der Waals surface area contributed by atoms with Crippen LogP contribution in [-0.4, -0.2) is 24.7 Å². The summed E-state index contributed by atoms with van der Waals surface area (Å²) in [6, 6.07) is 2.26. The predicted molar refractivity (Wildman–Crippen MR) is 70.5 cm³/mol. The van der Waals surface area contributed by atoms with Crippen molar-refractivity contribution in [3.63, 3.8) is 0 Å². The molecule has 0 bridgehead atoms. The number of thiophene rings is 1. The number of carbonyl (C=O) groups excluding carboxylic acids is 1. The second-order valence-electron chi connectivity index (χ2n) is 5.18. The van der Waals surface area contributed by atoms with Crippen molar-refractivity contribution in [2.75, 3.05) is 13.2 Å². The van der Waals surface area contributed by atoms with E-state index in [4.69, 9.17) is 10.5 Å². The second kappa shape index (κ2) is 4.64. The van der Waals surface area contributed by atoms with Crippen LogP contribution in [0.5, 0.6) is 0 Å². The Labute approximate surface area is 111 Å². The van der Waals surface area contributed by atoms with Gasteiger partial charge in [-0.2, -0.15) is 0 Å². The van der Waals surface area contributed by atoms with Crippen LogP contribution in [0.25, 0.3) is 0 Å². The Morgan fingerprint density at radius 1 is 1.61 bits per heavy atom. The number of carbonyl (C=O) groups is 1. The highest BCUT2D eigenvalue weighted by Gasteiger charge is 2.39. The van der Waals surface area contributed by atoms with Gasteiger partial charge in [0.05, 0.1) is 12.6 Å². The Morgan fingerprint density at radius 3 is 3.28 bits per heavy atom. The summed E-state index contributed by atoms with van der Waals surface area (Å²) in [4.78, 5) is 13.7. The molecule has 1 fully saturated rings. The molecule has 3 N–H and O–H groups in total. The van der Waals surface area contributed by atoms with Gasteiger partial charge >= 0.3 is 0 Å². The van der Waals surface area contributed by atoms with Gasteiger partial charge in [-0.15, -0.1) is 11.3 Å². The van der Waals surface area contributed by atoms with Gasteiger partial charge in [-0.25, -0.2) is 0 Å². The minimum absolute atomic E-state index is 0.0657. The second-order valence-corrected chi connectivity index (χ2v) is 6.18. The molecule has 0 spiro atoms. The number of nitrogens with one attached hydrogen (secondary N) is 1. The highest BCUT2D eigenvalue weighted by molar-refractivity contribution is 7.10. The molecule has 3 rings (SSSR count). The fourth-order valence-corrected chi connectivity index (χ4v) is 3.69. The standard InChI is InChI=1S/C13H18N2O2S/c14-13(5-6-17-8-13)12(16)15-10-2-1-3-11-9(10)4-7-18-11/h4,7,10H,1-3,5-6,8,14H2,(H,15,16). The molecule has 18 heavy (non-hydrogen) atoms. The number of hydrogen-bond acceptors (Lipinski definition) is 4. The summed E-state index contributed by atoms with van der Waals surface area (Å²) in [6.45, 7) is 0.917. The Bertz CT molecular complexity index is 452. The lowest BCUT2D eigenvalue weighted by molar-refractivity contribution is -0.127. The van der Waals surface area contributed by atoms with Crippen molar-refractivity contribution in [1.29, 1.82) is 0 Å². The summed E-state index contributed by atoms with van der Waals surface area (Å²) < 4.78 is 5.24. The smallest absolute Gasteiger partial charge is 0.243 e. The Morgan fingerprint density at radius 2 is 2.50 bits per heavy atom. The first kappa shape index (κ1) is 12.1. The van der Waals surface area contributed by atoms with Crippen molar-refractivity contribution in [1.82, 2.24) is 5.32 Å². The van der Waals surface area contributed by atoms with Crippen molar-refractivity contribution >= 4 is 17.2 Å². The minimum atomic E-state index is -0.826. The van der Waals surface area contributed by atoms with Crippen molar-refractivity contribution in [2.45, 2.75) is 37.3 Å². The molecule has 2 aliphatic rings. The number of nitrogens with two attached hydrogens (primary N) is 1. The van der Waals surface area contributed by atoms with E-state index in [1.54, 1.807) is 11.3 Å². The van der Waals surface area contributed by atoms with Crippen LogP contribution in [0.2, 0.25) is 0 Å². The first-order chi connectivity index (χ1) is 8.69. The van der Waals surface area contributed by atoms with Crippen molar-refractivity contribution < 1.29 is 9.53 Å². The molecule has 1 aliphatic carbocycles. The van der Waals surface area contributed by atoms with Crippen LogP contribution in [-0.2, 0) is 16.0 Å². The van der Waals surface area contributed by atoms with E-state index in [1.807, 2.05) is 0 Å². The summed E-state index contributed by atoms with van der Waals surface area (Å²) in [5.41, 5.74) is 6.53. The fourth-order valence-electron chi connectivity index (χ4n) is 2.70. The van der Waals surface area contributed by atoms with Gasteiger partial charge in [0, 0.05) is 11.5 Å². The van der Waals surface area contributed by atoms with E-state index in [-0.39, 0.29) is 11.9 Å². The number of aryl methyl sites for hydroxylation is 1. The molecule has 2 heterocycles. The molecule has 1 aromatic heterocycles. The highest BCUT2D eigenvalue weighted by atomic mass is 32.1. The van der Waals surface area contributed by atoms with E-state index in [9.17, 15) is 4.79 Å². The third-order valence-corrected chi connectivity index (χ3v) is 4.86. The number of hydrogen-bond donors (Lipinski definition) is 2. The van der Waals surface area contributed by atoms with Gasteiger partial charge in [0.2, 0.25) is 5.91 Å². The van der Waals surface area contributed by atoms with Gasteiger partial charge in [-0.1, -0.05) is 0 Å². The van der Waals surface area contributed by atoms with Crippen molar-refractivity contribution in [3.05, 3.63) is 21.9 Å². The summed E-state index contributed by atoms with van der Waals surface area (Å²) in [6.07, 6.45) is 3.89. The zero-order valence-electron chi connectivity index (χ0n) is 10.3. The maximum Gasteiger partial charge on any atom is 0.243 e. The molecular formula is C13H18N2O2S. The van der Waals surface area contributed by atoms with Crippen LogP contribution in [0.1, 0.15) is 35.7 Å². The quantitative estimate of drug-likeness (QED) is 0.849. The molecular weight excluding hydrogens is 248 g/mol. The van der Waals surface area contributed by atoms with Crippen LogP contribution in [0.3, 0.4) is 0 Å². The van der Waals surface area contributed by atoms with Crippen LogP contribution in [0.15, 0.2) is 11.4 Å². The topological polar surface area (TPSA) is 64.4 Å². The minimum Gasteiger partial charge on any atom is -0.379 e. The predicted octanol–water partition coefficient (Wildman–Crippen LogP) is 1.36. The van der Waals surface area contributed by atoms with Crippen LogP contribution >= 0.6 is 11.3 Å². The first-order valence-corrected chi connectivity index (χ1v) is 7.31. The molecule has 1 aliphatic heterocycles. The van der Waals surface area contributed by atoms with Crippen molar-refractivity contribution in [3.8, 4) is 0 Å². The molecule has 1 saturated heterocycles. The van der Waals surface area contributed by atoms with E-state index in [2.05, 4.69) is 16.8 Å². The zero-order chi connectivity index (χ0) is 12.6. The lowest BCUT2D eigenvalue weighted by Crippen LogP contribution is -2.55. The van der Waals surface area contributed by atoms with E-state index < -0.39 is 5.54 Å². The first-order valence-electron chi connectivity index (χ1n) is 6.43. The Kier molecular flexibility index (Phi) is 3.13. The van der Waals surface area contributed by atoms with Crippen LogP contribution in [0.4, 0.5) is 0 Å². The van der Waals surface area contributed by atoms with Crippen LogP contribution in [0, 0.1) is 0 Å². The summed E-state index contributed by atoms with van der Waals surface area (Å²) in [7, 11) is 0. The van der Waals surface area contributed by atoms with Gasteiger partial charge in [0.15, 0.2) is 0 Å². The average Bonchev–Trinajstić information content (AvgIpc) is 2.98. The molecule has 5 heteroatoms. The van der Waals surface area contributed by atoms with E-state index in [0.29, 0.717) is 19.6 Å². The molecule has 2 atom stereocenters. The van der Waals surface area contributed by atoms with Crippen LogP contribution < -0.4 is 11.1 Å².